The molecule has 0 bridgehead atoms. The Kier molecular flexibility index (Phi) is 6.15. The Morgan fingerprint density at radius 2 is 1.83 bits per heavy atom. The van der Waals surface area contributed by atoms with Crippen molar-refractivity contribution in [2.45, 2.75) is 6.42 Å². The minimum absolute atomic E-state index is 0. The van der Waals surface area contributed by atoms with Crippen molar-refractivity contribution in [1.29, 1.82) is 0 Å². The van der Waals surface area contributed by atoms with Gasteiger partial charge in [-0.25, -0.2) is 0 Å². The number of benzene rings is 2. The van der Waals surface area contributed by atoms with E-state index in [4.69, 9.17) is 0 Å². The van der Waals surface area contributed by atoms with Crippen molar-refractivity contribution >= 4 is 38.4 Å². The Morgan fingerprint density at radius 1 is 1.17 bits per heavy atom. The van der Waals surface area contributed by atoms with Crippen molar-refractivity contribution < 1.29 is 39.5 Å². The van der Waals surface area contributed by atoms with E-state index in [0.717, 1.165) is 20.9 Å². The predicted octanol–water partition coefficient (Wildman–Crippen LogP) is -0.842. The van der Waals surface area contributed by atoms with E-state index < -0.39 is 5.97 Å². The van der Waals surface area contributed by atoms with Gasteiger partial charge in [0.1, 0.15) is 0 Å². The fourth-order valence-corrected chi connectivity index (χ4v) is 2.22. The number of nitrogens with one attached hydrogen (secondary N) is 1. The molecule has 1 N–H and O–H groups in total. The van der Waals surface area contributed by atoms with E-state index in [0.29, 0.717) is 6.54 Å². The average molecular weight is 316 g/mol. The van der Waals surface area contributed by atoms with Crippen LogP contribution in [0.5, 0.6) is 0 Å². The van der Waals surface area contributed by atoms with Crippen LogP contribution in [0.3, 0.4) is 0 Å². The first kappa shape index (κ1) is 15.5. The summed E-state index contributed by atoms with van der Waals surface area (Å²) < 4.78 is 1.03. The Balaban J connectivity index is 0.00000162. The third-order valence-corrected chi connectivity index (χ3v) is 3.20. The molecule has 0 unspecified atom stereocenters. The standard InChI is InChI=1S/C13H12BrNO2.Na/c14-11-5-1-4-10-9(11)3-2-6-12(10)15-8-7-13(16)17;/h1-6,15H,7-8H2,(H,16,17);/q;+1/p-1. The molecule has 0 aromatic heterocycles. The molecule has 0 amide bonds. The summed E-state index contributed by atoms with van der Waals surface area (Å²) in [6, 6.07) is 11.8. The zero-order valence-corrected chi connectivity index (χ0v) is 13.7. The molecule has 0 spiro atoms. The van der Waals surface area contributed by atoms with E-state index in [1.165, 1.54) is 0 Å². The molecule has 0 aliphatic carbocycles. The minimum atomic E-state index is -1.04. The van der Waals surface area contributed by atoms with Gasteiger partial charge in [-0.15, -0.1) is 0 Å². The van der Waals surface area contributed by atoms with Crippen LogP contribution in [-0.2, 0) is 4.79 Å². The Bertz CT molecular complexity index is 560. The van der Waals surface area contributed by atoms with Crippen LogP contribution in [0.15, 0.2) is 40.9 Å². The van der Waals surface area contributed by atoms with Gasteiger partial charge in [-0.3, -0.25) is 0 Å². The summed E-state index contributed by atoms with van der Waals surface area (Å²) in [5.41, 5.74) is 0.935. The molecule has 5 heteroatoms. The molecule has 0 radical (unpaired) electrons. The second kappa shape index (κ2) is 7.14. The molecule has 0 atom stereocenters. The summed E-state index contributed by atoms with van der Waals surface area (Å²) in [6.45, 7) is 0.369. The Labute approximate surface area is 136 Å². The number of carboxylic acid groups (broad SMARTS) is 1. The summed E-state index contributed by atoms with van der Waals surface area (Å²) in [6.07, 6.45) is 0.00436. The van der Waals surface area contributed by atoms with Crippen LogP contribution < -0.4 is 40.0 Å². The molecule has 2 aromatic rings. The number of hydrogen-bond acceptors (Lipinski definition) is 3. The first-order chi connectivity index (χ1) is 8.18. The van der Waals surface area contributed by atoms with Gasteiger partial charge < -0.3 is 15.2 Å². The van der Waals surface area contributed by atoms with E-state index >= 15 is 0 Å². The fraction of sp³-hybridized carbons (Fsp3) is 0.154. The van der Waals surface area contributed by atoms with Crippen LogP contribution in [0.2, 0.25) is 0 Å². The van der Waals surface area contributed by atoms with Gasteiger partial charge in [-0.1, -0.05) is 40.2 Å². The third-order valence-electron chi connectivity index (χ3n) is 2.51. The molecule has 0 aliphatic heterocycles. The topological polar surface area (TPSA) is 52.2 Å². The van der Waals surface area contributed by atoms with E-state index in [1.54, 1.807) is 0 Å². The van der Waals surface area contributed by atoms with Crippen LogP contribution >= 0.6 is 15.9 Å². The van der Waals surface area contributed by atoms with Gasteiger partial charge in [0.05, 0.1) is 0 Å². The largest absolute Gasteiger partial charge is 1.00 e. The van der Waals surface area contributed by atoms with E-state index in [-0.39, 0.29) is 36.0 Å². The van der Waals surface area contributed by atoms with Crippen molar-refractivity contribution in [3.05, 3.63) is 40.9 Å². The molecule has 0 fully saturated rings. The maximum atomic E-state index is 10.3. The summed E-state index contributed by atoms with van der Waals surface area (Å²) >= 11 is 3.49. The van der Waals surface area contributed by atoms with Gasteiger partial charge >= 0.3 is 29.6 Å². The Morgan fingerprint density at radius 3 is 2.56 bits per heavy atom. The molecular weight excluding hydrogens is 305 g/mol. The van der Waals surface area contributed by atoms with Gasteiger partial charge in [0, 0.05) is 34.5 Å². The van der Waals surface area contributed by atoms with Crippen molar-refractivity contribution in [3.8, 4) is 0 Å². The smallest absolute Gasteiger partial charge is 0.550 e. The number of rotatable bonds is 4. The second-order valence-electron chi connectivity index (χ2n) is 3.69. The van der Waals surface area contributed by atoms with Crippen LogP contribution in [0.4, 0.5) is 5.69 Å². The Hall–Kier alpha value is -0.550. The number of hydrogen-bond donors (Lipinski definition) is 1. The predicted molar refractivity (Wildman–Crippen MR) is 69.8 cm³/mol. The molecule has 2 aromatic carbocycles. The van der Waals surface area contributed by atoms with E-state index in [1.807, 2.05) is 36.4 Å². The van der Waals surface area contributed by atoms with Gasteiger partial charge in [0.2, 0.25) is 0 Å². The summed E-state index contributed by atoms with van der Waals surface area (Å²) in [5.74, 6) is -1.04. The summed E-state index contributed by atoms with van der Waals surface area (Å²) in [7, 11) is 0. The average Bonchev–Trinajstić information content (AvgIpc) is 2.30. The first-order valence-corrected chi connectivity index (χ1v) is 6.09. The van der Waals surface area contributed by atoms with E-state index in [9.17, 15) is 9.90 Å². The number of halogens is 1. The zero-order chi connectivity index (χ0) is 12.3. The fourth-order valence-electron chi connectivity index (χ4n) is 1.73. The van der Waals surface area contributed by atoms with Gasteiger partial charge in [0.25, 0.3) is 0 Å². The quantitative estimate of drug-likeness (QED) is 0.749. The third kappa shape index (κ3) is 3.72. The van der Waals surface area contributed by atoms with Crippen LogP contribution in [0.25, 0.3) is 10.8 Å². The molecule has 18 heavy (non-hydrogen) atoms. The molecule has 0 aliphatic rings. The monoisotopic (exact) mass is 315 g/mol. The normalized spacial score (nSPS) is 9.83. The summed E-state index contributed by atoms with van der Waals surface area (Å²) in [5, 5.41) is 15.6. The van der Waals surface area contributed by atoms with Crippen LogP contribution in [0.1, 0.15) is 6.42 Å². The molecule has 3 nitrogen and oxygen atoms in total. The van der Waals surface area contributed by atoms with Crippen LogP contribution in [0, 0.1) is 0 Å². The van der Waals surface area contributed by atoms with Crippen molar-refractivity contribution in [1.82, 2.24) is 0 Å². The van der Waals surface area contributed by atoms with E-state index in [2.05, 4.69) is 21.2 Å². The van der Waals surface area contributed by atoms with Gasteiger partial charge in [-0.2, -0.15) is 0 Å². The molecule has 0 saturated heterocycles. The molecule has 2 rings (SSSR count). The molecule has 0 saturated carbocycles. The molecule has 0 heterocycles. The van der Waals surface area contributed by atoms with Gasteiger partial charge in [-0.05, 0) is 17.5 Å². The maximum absolute atomic E-state index is 10.3. The number of fused-ring (bicyclic) bond motifs is 1. The molecule has 88 valence electrons. The number of anilines is 1. The summed E-state index contributed by atoms with van der Waals surface area (Å²) in [4.78, 5) is 10.3. The van der Waals surface area contributed by atoms with Crippen molar-refractivity contribution in [2.75, 3.05) is 11.9 Å². The zero-order valence-electron chi connectivity index (χ0n) is 10.1. The number of carbonyl (C=O) groups excluding carboxylic acids is 1. The SMILES string of the molecule is O=C([O-])CCNc1cccc2c(Br)cccc12.[Na+]. The number of carboxylic acids is 1. The molecular formula is C13H11BrNNaO2. The minimum Gasteiger partial charge on any atom is -0.550 e. The van der Waals surface area contributed by atoms with Gasteiger partial charge in [0.15, 0.2) is 0 Å². The number of aliphatic carboxylic acids is 1. The first-order valence-electron chi connectivity index (χ1n) is 5.29. The number of carbonyl (C=O) groups is 1. The van der Waals surface area contributed by atoms with Crippen LogP contribution in [-0.4, -0.2) is 12.5 Å². The second-order valence-corrected chi connectivity index (χ2v) is 4.54. The van der Waals surface area contributed by atoms with Crippen molar-refractivity contribution in [2.24, 2.45) is 0 Å². The van der Waals surface area contributed by atoms with Crippen molar-refractivity contribution in [3.63, 3.8) is 0 Å². The maximum Gasteiger partial charge on any atom is 1.00 e.